The largest absolute Gasteiger partial charge is 0.433 e. The molecule has 0 aliphatic heterocycles. The number of hydrogen-bond donors (Lipinski definition) is 2. The molecule has 0 atom stereocenters. The first kappa shape index (κ1) is 17.4. The summed E-state index contributed by atoms with van der Waals surface area (Å²) in [7, 11) is 0. The van der Waals surface area contributed by atoms with E-state index in [2.05, 4.69) is 15.4 Å². The van der Waals surface area contributed by atoms with Gasteiger partial charge in [0.15, 0.2) is 5.69 Å². The maximum atomic E-state index is 12.9. The fraction of sp³-hybridized carbons (Fsp3) is 0.471. The summed E-state index contributed by atoms with van der Waals surface area (Å²) in [6, 6.07) is 3.80. The van der Waals surface area contributed by atoms with Gasteiger partial charge in [0.25, 0.3) is 5.91 Å². The molecular weight excluding hydrogens is 333 g/mol. The summed E-state index contributed by atoms with van der Waals surface area (Å²) >= 11 is 0. The molecule has 0 aromatic carbocycles. The first-order chi connectivity index (χ1) is 11.9. The van der Waals surface area contributed by atoms with E-state index in [-0.39, 0.29) is 12.0 Å². The van der Waals surface area contributed by atoms with E-state index in [0.29, 0.717) is 0 Å². The van der Waals surface area contributed by atoms with Crippen LogP contribution in [0.1, 0.15) is 53.7 Å². The summed E-state index contributed by atoms with van der Waals surface area (Å²) in [5.41, 5.74) is -0.878. The number of H-pyrrole nitrogens is 1. The minimum Gasteiger partial charge on any atom is -0.351 e. The van der Waals surface area contributed by atoms with Crippen molar-refractivity contribution in [3.05, 3.63) is 47.5 Å². The van der Waals surface area contributed by atoms with Gasteiger partial charge in [0, 0.05) is 24.4 Å². The van der Waals surface area contributed by atoms with Gasteiger partial charge in [0.2, 0.25) is 0 Å². The van der Waals surface area contributed by atoms with Crippen LogP contribution in [0.25, 0.3) is 0 Å². The van der Waals surface area contributed by atoms with E-state index in [1.54, 1.807) is 12.4 Å². The lowest BCUT2D eigenvalue weighted by Crippen LogP contribution is -2.42. The van der Waals surface area contributed by atoms with Crippen molar-refractivity contribution >= 4 is 5.91 Å². The predicted octanol–water partition coefficient (Wildman–Crippen LogP) is 3.46. The number of aromatic nitrogens is 3. The topological polar surface area (TPSA) is 70.7 Å². The highest BCUT2D eigenvalue weighted by Gasteiger charge is 2.39. The third-order valence-corrected chi connectivity index (χ3v) is 4.84. The number of amides is 1. The van der Waals surface area contributed by atoms with E-state index in [1.807, 2.05) is 17.2 Å². The van der Waals surface area contributed by atoms with Crippen molar-refractivity contribution < 1.29 is 18.0 Å². The van der Waals surface area contributed by atoms with E-state index in [0.717, 1.165) is 43.9 Å². The van der Waals surface area contributed by atoms with Crippen LogP contribution in [0.2, 0.25) is 0 Å². The van der Waals surface area contributed by atoms with Gasteiger partial charge in [-0.2, -0.15) is 18.3 Å². The molecule has 1 saturated carbocycles. The van der Waals surface area contributed by atoms with Crippen molar-refractivity contribution in [3.8, 4) is 0 Å². The average molecular weight is 352 g/mol. The molecule has 2 N–H and O–H groups in total. The predicted molar refractivity (Wildman–Crippen MR) is 84.9 cm³/mol. The normalized spacial score (nSPS) is 17.2. The highest BCUT2D eigenvalue weighted by atomic mass is 19.4. The van der Waals surface area contributed by atoms with E-state index in [4.69, 9.17) is 0 Å². The van der Waals surface area contributed by atoms with Crippen LogP contribution in [0.15, 0.2) is 30.7 Å². The molecule has 1 aliphatic rings. The maximum absolute atomic E-state index is 12.9. The quantitative estimate of drug-likeness (QED) is 0.885. The zero-order valence-electron chi connectivity index (χ0n) is 13.6. The smallest absolute Gasteiger partial charge is 0.351 e. The monoisotopic (exact) mass is 352 g/mol. The third kappa shape index (κ3) is 3.67. The Morgan fingerprint density at radius 1 is 1.24 bits per heavy atom. The second-order valence-electron chi connectivity index (χ2n) is 6.42. The number of carbonyl (C=O) groups is 1. The third-order valence-electron chi connectivity index (χ3n) is 4.84. The van der Waals surface area contributed by atoms with Crippen molar-refractivity contribution in [2.75, 3.05) is 6.54 Å². The van der Waals surface area contributed by atoms with Gasteiger partial charge >= 0.3 is 6.18 Å². The SMILES string of the molecule is O=C(NCC1(c2cccnc2)CCCCC1)c1cn[nH]c1C(F)(F)F. The number of halogens is 3. The molecule has 25 heavy (non-hydrogen) atoms. The first-order valence-corrected chi connectivity index (χ1v) is 8.22. The number of aromatic amines is 1. The number of nitrogens with one attached hydrogen (secondary N) is 2. The van der Waals surface area contributed by atoms with Crippen LogP contribution >= 0.6 is 0 Å². The van der Waals surface area contributed by atoms with Crippen LogP contribution in [-0.2, 0) is 11.6 Å². The molecule has 0 bridgehead atoms. The van der Waals surface area contributed by atoms with Crippen LogP contribution in [-0.4, -0.2) is 27.6 Å². The molecule has 0 unspecified atom stereocenters. The summed E-state index contributed by atoms with van der Waals surface area (Å²) in [6.07, 6.45) is 4.62. The lowest BCUT2D eigenvalue weighted by molar-refractivity contribution is -0.141. The lowest BCUT2D eigenvalue weighted by Gasteiger charge is -2.37. The van der Waals surface area contributed by atoms with Gasteiger partial charge in [-0.1, -0.05) is 25.3 Å². The van der Waals surface area contributed by atoms with Crippen LogP contribution in [0.5, 0.6) is 0 Å². The molecule has 3 rings (SSSR count). The van der Waals surface area contributed by atoms with Gasteiger partial charge in [0.1, 0.15) is 0 Å². The molecular formula is C17H19F3N4O. The Balaban J connectivity index is 1.78. The minimum atomic E-state index is -4.64. The fourth-order valence-electron chi connectivity index (χ4n) is 3.49. The van der Waals surface area contributed by atoms with Gasteiger partial charge in [-0.25, -0.2) is 0 Å². The van der Waals surface area contributed by atoms with Crippen molar-refractivity contribution in [1.82, 2.24) is 20.5 Å². The Bertz CT molecular complexity index is 721. The first-order valence-electron chi connectivity index (χ1n) is 8.22. The van der Waals surface area contributed by atoms with E-state index in [9.17, 15) is 18.0 Å². The van der Waals surface area contributed by atoms with Gasteiger partial charge < -0.3 is 5.32 Å². The van der Waals surface area contributed by atoms with E-state index >= 15 is 0 Å². The summed E-state index contributed by atoms with van der Waals surface area (Å²) in [5, 5.41) is 7.90. The summed E-state index contributed by atoms with van der Waals surface area (Å²) in [5.74, 6) is -0.769. The second-order valence-corrected chi connectivity index (χ2v) is 6.42. The number of alkyl halides is 3. The van der Waals surface area contributed by atoms with Crippen LogP contribution in [0, 0.1) is 0 Å². The highest BCUT2D eigenvalue weighted by Crippen LogP contribution is 2.39. The molecule has 2 aromatic heterocycles. The zero-order valence-corrected chi connectivity index (χ0v) is 13.6. The van der Waals surface area contributed by atoms with Crippen LogP contribution in [0.4, 0.5) is 13.2 Å². The Hall–Kier alpha value is -2.38. The summed E-state index contributed by atoms with van der Waals surface area (Å²) in [4.78, 5) is 16.5. The summed E-state index contributed by atoms with van der Waals surface area (Å²) < 4.78 is 38.8. The molecule has 2 heterocycles. The molecule has 0 radical (unpaired) electrons. The van der Waals surface area contributed by atoms with Gasteiger partial charge in [0.05, 0.1) is 11.8 Å². The van der Waals surface area contributed by atoms with Crippen molar-refractivity contribution in [3.63, 3.8) is 0 Å². The van der Waals surface area contributed by atoms with E-state index < -0.39 is 23.3 Å². The number of nitrogens with zero attached hydrogens (tertiary/aromatic N) is 2. The fourth-order valence-corrected chi connectivity index (χ4v) is 3.49. The van der Waals surface area contributed by atoms with E-state index in [1.165, 1.54) is 0 Å². The number of rotatable bonds is 4. The van der Waals surface area contributed by atoms with Gasteiger partial charge in [-0.15, -0.1) is 0 Å². The molecule has 1 fully saturated rings. The molecule has 5 nitrogen and oxygen atoms in total. The minimum absolute atomic E-state index is 0.278. The number of hydrogen-bond acceptors (Lipinski definition) is 3. The van der Waals surface area contributed by atoms with Crippen LogP contribution in [0.3, 0.4) is 0 Å². The Morgan fingerprint density at radius 2 is 2.00 bits per heavy atom. The molecule has 1 aliphatic carbocycles. The number of carbonyl (C=O) groups excluding carboxylic acids is 1. The lowest BCUT2D eigenvalue weighted by atomic mass is 9.70. The molecule has 0 spiro atoms. The molecule has 1 amide bonds. The highest BCUT2D eigenvalue weighted by molar-refractivity contribution is 5.95. The second kappa shape index (κ2) is 6.85. The Morgan fingerprint density at radius 3 is 2.64 bits per heavy atom. The van der Waals surface area contributed by atoms with Crippen molar-refractivity contribution in [1.29, 1.82) is 0 Å². The van der Waals surface area contributed by atoms with Crippen LogP contribution < -0.4 is 5.32 Å². The Kier molecular flexibility index (Phi) is 4.78. The van der Waals surface area contributed by atoms with Gasteiger partial charge in [-0.3, -0.25) is 14.9 Å². The number of pyridine rings is 1. The molecule has 8 heteroatoms. The summed E-state index contributed by atoms with van der Waals surface area (Å²) in [6.45, 7) is 0.278. The average Bonchev–Trinajstić information content (AvgIpc) is 3.12. The van der Waals surface area contributed by atoms with Crippen molar-refractivity contribution in [2.24, 2.45) is 0 Å². The maximum Gasteiger partial charge on any atom is 0.433 e. The molecule has 0 saturated heterocycles. The Labute approximate surface area is 143 Å². The van der Waals surface area contributed by atoms with Gasteiger partial charge in [-0.05, 0) is 24.5 Å². The van der Waals surface area contributed by atoms with Crippen molar-refractivity contribution in [2.45, 2.75) is 43.7 Å². The standard InChI is InChI=1S/C17H19F3N4O/c18-17(19,20)14-13(10-23-24-14)15(25)22-11-16(6-2-1-3-7-16)12-5-4-8-21-9-12/h4-5,8-10H,1-3,6-7,11H2,(H,22,25)(H,23,24). The molecule has 134 valence electrons. The molecule has 2 aromatic rings. The zero-order chi connectivity index (χ0) is 17.9.